The molecule has 2 aromatic heterocycles. The number of fused-ring (bicyclic) bond motifs is 1. The van der Waals surface area contributed by atoms with Crippen LogP contribution in [-0.2, 0) is 13.2 Å². The van der Waals surface area contributed by atoms with Gasteiger partial charge in [-0.05, 0) is 49.1 Å². The summed E-state index contributed by atoms with van der Waals surface area (Å²) >= 11 is 6.36. The van der Waals surface area contributed by atoms with Gasteiger partial charge in [-0.25, -0.2) is 9.18 Å². The van der Waals surface area contributed by atoms with Gasteiger partial charge in [0.05, 0.1) is 23.2 Å². The minimum Gasteiger partial charge on any atom is -0.497 e. The molecule has 0 fully saturated rings. The summed E-state index contributed by atoms with van der Waals surface area (Å²) in [6.07, 6.45) is 1.57. The van der Waals surface area contributed by atoms with Gasteiger partial charge in [0.1, 0.15) is 23.9 Å². The second-order valence-electron chi connectivity index (χ2n) is 7.68. The van der Waals surface area contributed by atoms with E-state index >= 15 is 4.39 Å². The summed E-state index contributed by atoms with van der Waals surface area (Å²) < 4.78 is 24.0. The number of allylic oxidation sites excluding steroid dienone is 1. The van der Waals surface area contributed by atoms with Crippen molar-refractivity contribution in [2.75, 3.05) is 7.11 Å². The largest absolute Gasteiger partial charge is 0.497 e. The maximum atomic E-state index is 15.3. The van der Waals surface area contributed by atoms with E-state index < -0.39 is 23.7 Å². The van der Waals surface area contributed by atoms with E-state index in [0.29, 0.717) is 33.0 Å². The average molecular weight is 485 g/mol. The third kappa shape index (κ3) is 3.72. The molecule has 2 aromatic carbocycles. The van der Waals surface area contributed by atoms with Crippen molar-refractivity contribution in [2.24, 2.45) is 0 Å². The molecule has 8 nitrogen and oxygen atoms in total. The highest BCUT2D eigenvalue weighted by molar-refractivity contribution is 6.32. The van der Waals surface area contributed by atoms with Crippen LogP contribution in [0, 0.1) is 5.82 Å². The summed E-state index contributed by atoms with van der Waals surface area (Å²) in [6, 6.07) is 7.34. The summed E-state index contributed by atoms with van der Waals surface area (Å²) in [6.45, 7) is 7.24. The highest BCUT2D eigenvalue weighted by atomic mass is 35.5. The van der Waals surface area contributed by atoms with Crippen molar-refractivity contribution in [3.8, 4) is 17.1 Å². The monoisotopic (exact) mass is 484 g/mol. The van der Waals surface area contributed by atoms with E-state index in [9.17, 15) is 14.7 Å². The predicted octanol–water partition coefficient (Wildman–Crippen LogP) is 3.68. The molecule has 0 saturated carbocycles. The molecule has 4 rings (SSSR count). The number of hydrogen-bond donors (Lipinski definition) is 1. The van der Waals surface area contributed by atoms with Crippen LogP contribution in [0.1, 0.15) is 25.2 Å². The lowest BCUT2D eigenvalue weighted by Crippen LogP contribution is -2.25. The van der Waals surface area contributed by atoms with E-state index in [0.717, 1.165) is 10.7 Å². The molecular formula is C24H22ClFN4O4. The summed E-state index contributed by atoms with van der Waals surface area (Å²) in [7, 11) is 1.50. The number of ether oxygens (including phenoxy) is 1. The minimum atomic E-state index is -0.820. The first-order valence-corrected chi connectivity index (χ1v) is 10.8. The average Bonchev–Trinajstić information content (AvgIpc) is 3.14. The van der Waals surface area contributed by atoms with Crippen LogP contribution in [-0.4, -0.2) is 31.1 Å². The molecule has 4 aromatic rings. The Morgan fingerprint density at radius 1 is 1.21 bits per heavy atom. The van der Waals surface area contributed by atoms with Gasteiger partial charge in [-0.2, -0.15) is 4.68 Å². The molecule has 10 heteroatoms. The molecule has 0 saturated heterocycles. The molecule has 0 aliphatic rings. The van der Waals surface area contributed by atoms with Gasteiger partial charge in [0, 0.05) is 24.4 Å². The number of benzene rings is 2. The molecular weight excluding hydrogens is 463 g/mol. The lowest BCUT2D eigenvalue weighted by molar-refractivity contribution is 0.264. The zero-order valence-corrected chi connectivity index (χ0v) is 19.6. The topological polar surface area (TPSA) is 91.3 Å². The predicted molar refractivity (Wildman–Crippen MR) is 129 cm³/mol. The third-order valence-corrected chi connectivity index (χ3v) is 5.90. The first-order valence-electron chi connectivity index (χ1n) is 10.4. The molecule has 34 heavy (non-hydrogen) atoms. The van der Waals surface area contributed by atoms with Crippen molar-refractivity contribution in [3.05, 3.63) is 86.2 Å². The second-order valence-corrected chi connectivity index (χ2v) is 8.08. The zero-order chi connectivity index (χ0) is 24.7. The molecule has 0 bridgehead atoms. The number of hydrogen-bond acceptors (Lipinski definition) is 5. The van der Waals surface area contributed by atoms with Gasteiger partial charge < -0.3 is 9.84 Å². The van der Waals surface area contributed by atoms with Crippen LogP contribution < -0.4 is 16.0 Å². The number of aliphatic hydroxyl groups is 1. The highest BCUT2D eigenvalue weighted by Crippen LogP contribution is 2.30. The first kappa shape index (κ1) is 23.5. The van der Waals surface area contributed by atoms with E-state index in [1.165, 1.54) is 22.3 Å². The quantitative estimate of drug-likeness (QED) is 0.451. The van der Waals surface area contributed by atoms with Crippen molar-refractivity contribution < 1.29 is 14.2 Å². The van der Waals surface area contributed by atoms with Crippen molar-refractivity contribution in [1.82, 2.24) is 18.9 Å². The van der Waals surface area contributed by atoms with Gasteiger partial charge in [-0.1, -0.05) is 18.2 Å². The number of methoxy groups -OCH3 is 1. The number of pyridine rings is 1. The van der Waals surface area contributed by atoms with Crippen LogP contribution in [0.2, 0.25) is 5.02 Å². The van der Waals surface area contributed by atoms with Gasteiger partial charge in [-0.15, -0.1) is 5.10 Å². The fourth-order valence-electron chi connectivity index (χ4n) is 3.86. The van der Waals surface area contributed by atoms with Gasteiger partial charge in [-0.3, -0.25) is 13.9 Å². The molecule has 0 spiro atoms. The number of nitrogens with zero attached hydrogens (tertiary/aromatic N) is 4. The third-order valence-electron chi connectivity index (χ3n) is 5.58. The molecule has 176 valence electrons. The molecule has 1 N–H and O–H groups in total. The van der Waals surface area contributed by atoms with Crippen molar-refractivity contribution in [1.29, 1.82) is 0 Å². The van der Waals surface area contributed by atoms with Gasteiger partial charge in [0.2, 0.25) is 0 Å². The fourth-order valence-corrected chi connectivity index (χ4v) is 4.07. The maximum Gasteiger partial charge on any atom is 0.350 e. The smallest absolute Gasteiger partial charge is 0.350 e. The van der Waals surface area contributed by atoms with Crippen LogP contribution in [0.25, 0.3) is 27.7 Å². The fraction of sp³-hybridized carbons (Fsp3) is 0.208. The molecule has 0 radical (unpaired) electrons. The number of halogens is 2. The Bertz CT molecular complexity index is 1570. The Labute approximate surface area is 198 Å². The van der Waals surface area contributed by atoms with Crippen LogP contribution in [0.5, 0.6) is 5.75 Å². The molecule has 0 unspecified atom stereocenters. The molecule has 2 heterocycles. The van der Waals surface area contributed by atoms with Crippen LogP contribution in [0.4, 0.5) is 4.39 Å². The summed E-state index contributed by atoms with van der Waals surface area (Å²) in [5.41, 5.74) is 0.281. The zero-order valence-electron chi connectivity index (χ0n) is 18.8. The summed E-state index contributed by atoms with van der Waals surface area (Å²) in [5, 5.41) is 14.4. The standard InChI is InChI=1S/C24H22ClFN4O4/c1-5-28-22(12-31)27-30(24(28)33)21-10-15-16(9-19(21)26)23(32)29(11-17(15)13(2)3)20-8-14(34-4)6-7-18(20)25/h6-11,31H,2,5,12H2,1,3-4H3. The van der Waals surface area contributed by atoms with Crippen LogP contribution >= 0.6 is 11.6 Å². The first-order chi connectivity index (χ1) is 16.2. The molecule has 0 amide bonds. The number of aliphatic hydroxyl groups excluding tert-OH is 1. The van der Waals surface area contributed by atoms with Gasteiger partial charge in [0.15, 0.2) is 5.82 Å². The Morgan fingerprint density at radius 2 is 1.94 bits per heavy atom. The number of rotatable bonds is 6. The van der Waals surface area contributed by atoms with Crippen molar-refractivity contribution in [2.45, 2.75) is 27.0 Å². The van der Waals surface area contributed by atoms with E-state index in [1.807, 2.05) is 0 Å². The van der Waals surface area contributed by atoms with Gasteiger partial charge in [0.25, 0.3) is 5.56 Å². The lowest BCUT2D eigenvalue weighted by Gasteiger charge is -2.15. The maximum absolute atomic E-state index is 15.3. The SMILES string of the molecule is C=C(C)c1cn(-c2cc(OC)ccc2Cl)c(=O)c2cc(F)c(-n3nc(CO)n(CC)c3=O)cc12. The Balaban J connectivity index is 2.06. The molecule has 0 aliphatic heterocycles. The lowest BCUT2D eigenvalue weighted by atomic mass is 10.0. The van der Waals surface area contributed by atoms with E-state index in [1.54, 1.807) is 38.2 Å². The van der Waals surface area contributed by atoms with Crippen LogP contribution in [0.3, 0.4) is 0 Å². The minimum absolute atomic E-state index is 0.0750. The molecule has 0 atom stereocenters. The summed E-state index contributed by atoms with van der Waals surface area (Å²) in [5.74, 6) is -0.218. The Kier molecular flexibility index (Phi) is 6.16. The van der Waals surface area contributed by atoms with Crippen LogP contribution in [0.15, 0.2) is 52.7 Å². The van der Waals surface area contributed by atoms with Crippen molar-refractivity contribution >= 4 is 27.9 Å². The Morgan fingerprint density at radius 3 is 2.53 bits per heavy atom. The normalized spacial score (nSPS) is 11.2. The Hall–Kier alpha value is -3.69. The van der Waals surface area contributed by atoms with E-state index in [2.05, 4.69) is 11.7 Å². The van der Waals surface area contributed by atoms with E-state index in [-0.39, 0.29) is 23.4 Å². The highest BCUT2D eigenvalue weighted by Gasteiger charge is 2.20. The van der Waals surface area contributed by atoms with E-state index in [4.69, 9.17) is 16.3 Å². The summed E-state index contributed by atoms with van der Waals surface area (Å²) in [4.78, 5) is 26.2. The number of aromatic nitrogens is 4. The van der Waals surface area contributed by atoms with Crippen molar-refractivity contribution in [3.63, 3.8) is 0 Å². The van der Waals surface area contributed by atoms with Gasteiger partial charge >= 0.3 is 5.69 Å². The molecule has 0 aliphatic carbocycles. The second kappa shape index (κ2) is 8.92.